The molecule has 1 unspecified atom stereocenters. The third-order valence-electron chi connectivity index (χ3n) is 4.46. The Morgan fingerprint density at radius 2 is 2.22 bits per heavy atom. The second-order valence-electron chi connectivity index (χ2n) is 7.24. The molecular weight excluding hydrogens is 360 g/mol. The van der Waals surface area contributed by atoms with Crippen LogP contribution in [0.5, 0.6) is 0 Å². The number of aliphatic hydroxyl groups excluding tert-OH is 1. The maximum Gasteiger partial charge on any atom is 0.410 e. The van der Waals surface area contributed by atoms with Gasteiger partial charge >= 0.3 is 6.09 Å². The van der Waals surface area contributed by atoms with Crippen LogP contribution in [0.15, 0.2) is 22.7 Å². The zero-order chi connectivity index (χ0) is 16.8. The number of anilines is 1. The maximum atomic E-state index is 12.6. The van der Waals surface area contributed by atoms with Gasteiger partial charge < -0.3 is 20.1 Å². The van der Waals surface area contributed by atoms with Crippen LogP contribution in [-0.4, -0.2) is 40.9 Å². The third-order valence-corrected chi connectivity index (χ3v) is 4.95. The molecule has 0 spiro atoms. The van der Waals surface area contributed by atoms with Gasteiger partial charge in [-0.15, -0.1) is 0 Å². The number of likely N-dealkylation sites (tertiary alicyclic amines) is 1. The molecule has 0 aliphatic carbocycles. The van der Waals surface area contributed by atoms with Crippen LogP contribution in [0.1, 0.15) is 38.8 Å². The van der Waals surface area contributed by atoms with Crippen LogP contribution in [0.4, 0.5) is 10.5 Å². The fourth-order valence-corrected chi connectivity index (χ4v) is 3.94. The van der Waals surface area contributed by atoms with Gasteiger partial charge in [-0.05, 0) is 51.0 Å². The molecule has 126 valence electrons. The highest BCUT2D eigenvalue weighted by atomic mass is 79.9. The van der Waals surface area contributed by atoms with Crippen molar-refractivity contribution in [3.05, 3.63) is 28.2 Å². The van der Waals surface area contributed by atoms with Gasteiger partial charge in [-0.3, -0.25) is 0 Å². The Balaban J connectivity index is 1.96. The van der Waals surface area contributed by atoms with E-state index in [0.29, 0.717) is 6.54 Å². The van der Waals surface area contributed by atoms with Crippen LogP contribution in [0.25, 0.3) is 0 Å². The molecule has 0 bridgehead atoms. The molecule has 3 rings (SSSR count). The lowest BCUT2D eigenvalue weighted by Crippen LogP contribution is -2.44. The molecule has 0 aromatic heterocycles. The number of rotatable bonds is 1. The van der Waals surface area contributed by atoms with Crippen LogP contribution < -0.4 is 5.32 Å². The fraction of sp³-hybridized carbons (Fsp3) is 0.588. The lowest BCUT2D eigenvalue weighted by Gasteiger charge is -2.39. The molecule has 2 N–H and O–H groups in total. The summed E-state index contributed by atoms with van der Waals surface area (Å²) in [6.07, 6.45) is 0.572. The van der Waals surface area contributed by atoms with Gasteiger partial charge in [0.1, 0.15) is 5.60 Å². The molecule has 0 radical (unpaired) electrons. The van der Waals surface area contributed by atoms with Gasteiger partial charge in [-0.1, -0.05) is 15.9 Å². The average molecular weight is 383 g/mol. The first-order chi connectivity index (χ1) is 10.8. The Hall–Kier alpha value is -1.27. The van der Waals surface area contributed by atoms with Crippen molar-refractivity contribution >= 4 is 27.7 Å². The molecule has 23 heavy (non-hydrogen) atoms. The standard InChI is InChI=1S/C17H23BrN2O3/c1-17(2,3)23-16(22)20-7-6-11-14(9-21)19-13-5-4-10(18)8-12(13)15(11)20/h4-5,8,11,14-15,19,21H,6-7,9H2,1-3H3/t11-,14+,15?/m1/s1. The Morgan fingerprint density at radius 1 is 1.48 bits per heavy atom. The molecule has 1 saturated heterocycles. The monoisotopic (exact) mass is 382 g/mol. The fourth-order valence-electron chi connectivity index (χ4n) is 3.56. The molecule has 2 aliphatic rings. The van der Waals surface area contributed by atoms with Crippen LogP contribution in [0.2, 0.25) is 0 Å². The summed E-state index contributed by atoms with van der Waals surface area (Å²) in [6.45, 7) is 6.33. The van der Waals surface area contributed by atoms with E-state index in [-0.39, 0.29) is 30.7 Å². The predicted molar refractivity (Wildman–Crippen MR) is 92.4 cm³/mol. The van der Waals surface area contributed by atoms with Crippen molar-refractivity contribution in [1.82, 2.24) is 4.90 Å². The van der Waals surface area contributed by atoms with E-state index in [9.17, 15) is 9.90 Å². The number of nitrogens with zero attached hydrogens (tertiary/aromatic N) is 1. The van der Waals surface area contributed by atoms with Crippen molar-refractivity contribution in [2.24, 2.45) is 5.92 Å². The molecule has 1 aromatic carbocycles. The Bertz CT molecular complexity index is 614. The van der Waals surface area contributed by atoms with Gasteiger partial charge in [0.15, 0.2) is 0 Å². The lowest BCUT2D eigenvalue weighted by molar-refractivity contribution is 0.0192. The molecule has 2 aliphatic heterocycles. The molecular formula is C17H23BrN2O3. The number of aliphatic hydroxyl groups is 1. The van der Waals surface area contributed by atoms with Crippen molar-refractivity contribution in [3.63, 3.8) is 0 Å². The van der Waals surface area contributed by atoms with Crippen molar-refractivity contribution < 1.29 is 14.6 Å². The normalized spacial score (nSPS) is 26.3. The molecule has 1 aromatic rings. The summed E-state index contributed by atoms with van der Waals surface area (Å²) in [7, 11) is 0. The largest absolute Gasteiger partial charge is 0.444 e. The number of amides is 1. The van der Waals surface area contributed by atoms with E-state index in [1.165, 1.54) is 0 Å². The van der Waals surface area contributed by atoms with E-state index in [0.717, 1.165) is 22.1 Å². The van der Waals surface area contributed by atoms with E-state index in [1.807, 2.05) is 37.8 Å². The van der Waals surface area contributed by atoms with Crippen LogP contribution in [0, 0.1) is 5.92 Å². The highest BCUT2D eigenvalue weighted by Gasteiger charge is 2.46. The first kappa shape index (κ1) is 16.6. The summed E-state index contributed by atoms with van der Waals surface area (Å²) < 4.78 is 6.56. The zero-order valence-electron chi connectivity index (χ0n) is 13.7. The minimum Gasteiger partial charge on any atom is -0.444 e. The number of carbonyl (C=O) groups excluding carboxylic acids is 1. The second-order valence-corrected chi connectivity index (χ2v) is 8.15. The molecule has 1 amide bonds. The van der Waals surface area contributed by atoms with E-state index in [2.05, 4.69) is 27.3 Å². The lowest BCUT2D eigenvalue weighted by atomic mass is 9.83. The summed E-state index contributed by atoms with van der Waals surface area (Å²) in [5.74, 6) is 0.189. The van der Waals surface area contributed by atoms with Gasteiger partial charge in [0.05, 0.1) is 18.7 Å². The van der Waals surface area contributed by atoms with E-state index >= 15 is 0 Å². The Labute approximate surface area is 145 Å². The molecule has 0 saturated carbocycles. The number of hydrogen-bond donors (Lipinski definition) is 2. The SMILES string of the molecule is CC(C)(C)OC(=O)N1CC[C@H]2C1c1cc(Br)ccc1N[C@H]2CO. The number of hydrogen-bond acceptors (Lipinski definition) is 4. The predicted octanol–water partition coefficient (Wildman–Crippen LogP) is 3.53. The summed E-state index contributed by atoms with van der Waals surface area (Å²) in [5, 5.41) is 13.1. The molecule has 3 atom stereocenters. The molecule has 6 heteroatoms. The highest BCUT2D eigenvalue weighted by Crippen LogP contribution is 2.47. The van der Waals surface area contributed by atoms with Crippen LogP contribution in [-0.2, 0) is 4.74 Å². The molecule has 2 heterocycles. The molecule has 5 nitrogen and oxygen atoms in total. The Morgan fingerprint density at radius 3 is 2.87 bits per heavy atom. The quantitative estimate of drug-likeness (QED) is 0.779. The van der Waals surface area contributed by atoms with E-state index in [4.69, 9.17) is 4.74 Å². The van der Waals surface area contributed by atoms with Gasteiger partial charge in [0.25, 0.3) is 0 Å². The van der Waals surface area contributed by atoms with Crippen LogP contribution in [0.3, 0.4) is 0 Å². The Kier molecular flexibility index (Phi) is 4.31. The van der Waals surface area contributed by atoms with Gasteiger partial charge in [-0.2, -0.15) is 0 Å². The summed E-state index contributed by atoms with van der Waals surface area (Å²) in [4.78, 5) is 14.4. The smallest absolute Gasteiger partial charge is 0.410 e. The minimum atomic E-state index is -0.515. The van der Waals surface area contributed by atoms with E-state index < -0.39 is 5.60 Å². The van der Waals surface area contributed by atoms with Gasteiger partial charge in [-0.25, -0.2) is 4.79 Å². The third kappa shape index (κ3) is 3.19. The topological polar surface area (TPSA) is 61.8 Å². The van der Waals surface area contributed by atoms with E-state index in [1.54, 1.807) is 0 Å². The first-order valence-electron chi connectivity index (χ1n) is 7.96. The maximum absolute atomic E-state index is 12.6. The van der Waals surface area contributed by atoms with Crippen molar-refractivity contribution in [1.29, 1.82) is 0 Å². The summed E-state index contributed by atoms with van der Waals surface area (Å²) >= 11 is 3.51. The summed E-state index contributed by atoms with van der Waals surface area (Å²) in [6, 6.07) is 5.91. The second kappa shape index (κ2) is 5.98. The zero-order valence-corrected chi connectivity index (χ0v) is 15.3. The average Bonchev–Trinajstić information content (AvgIpc) is 2.90. The van der Waals surface area contributed by atoms with Crippen molar-refractivity contribution in [2.75, 3.05) is 18.5 Å². The highest BCUT2D eigenvalue weighted by molar-refractivity contribution is 9.10. The number of benzene rings is 1. The number of fused-ring (bicyclic) bond motifs is 3. The number of ether oxygens (including phenoxy) is 1. The van der Waals surface area contributed by atoms with Crippen LogP contribution >= 0.6 is 15.9 Å². The minimum absolute atomic E-state index is 0.0406. The first-order valence-corrected chi connectivity index (χ1v) is 8.76. The summed E-state index contributed by atoms with van der Waals surface area (Å²) in [5.41, 5.74) is 1.54. The number of nitrogens with one attached hydrogen (secondary N) is 1. The van der Waals surface area contributed by atoms with Crippen molar-refractivity contribution in [2.45, 2.75) is 44.9 Å². The van der Waals surface area contributed by atoms with Crippen molar-refractivity contribution in [3.8, 4) is 0 Å². The number of halogens is 1. The number of carbonyl (C=O) groups is 1. The van der Waals surface area contributed by atoms with Gasteiger partial charge in [0.2, 0.25) is 0 Å². The molecule has 1 fully saturated rings. The van der Waals surface area contributed by atoms with Gasteiger partial charge in [0, 0.05) is 22.6 Å².